The van der Waals surface area contributed by atoms with Crippen LogP contribution in [0.4, 0.5) is 0 Å². The molecule has 0 fully saturated rings. The Morgan fingerprint density at radius 2 is 0.667 bits per heavy atom. The second kappa shape index (κ2) is 14.3. The molecule has 0 saturated heterocycles. The Labute approximate surface area is 133 Å². The molecule has 95 valence electrons. The first kappa shape index (κ1) is 22.4. The van der Waals surface area contributed by atoms with Gasteiger partial charge in [-0.2, -0.15) is 32.9 Å². The van der Waals surface area contributed by atoms with Crippen molar-refractivity contribution in [3.63, 3.8) is 0 Å². The van der Waals surface area contributed by atoms with Gasteiger partial charge in [-0.15, -0.1) is 0 Å². The summed E-state index contributed by atoms with van der Waals surface area (Å²) >= 11 is 0. The van der Waals surface area contributed by atoms with E-state index in [1.165, 1.54) is 48.6 Å². The molecular formula is C12H2N8V. The van der Waals surface area contributed by atoms with E-state index in [0.29, 0.717) is 0 Å². The van der Waals surface area contributed by atoms with Crippen molar-refractivity contribution in [3.05, 3.63) is 11.8 Å². The first-order valence-corrected chi connectivity index (χ1v) is 4.52. The van der Waals surface area contributed by atoms with Crippen molar-refractivity contribution in [2.75, 3.05) is 0 Å². The molecule has 0 rings (SSSR count). The molecule has 9 heteroatoms. The van der Waals surface area contributed by atoms with E-state index in [4.69, 9.17) is 42.1 Å². The molecule has 1 radical (unpaired) electrons. The van der Waals surface area contributed by atoms with Crippen molar-refractivity contribution >= 4 is 0 Å². The molecular weight excluding hydrogens is 307 g/mol. The minimum absolute atomic E-state index is 0. The zero-order valence-corrected chi connectivity index (χ0v) is 11.6. The molecule has 0 atom stereocenters. The summed E-state index contributed by atoms with van der Waals surface area (Å²) < 4.78 is 0. The first-order chi connectivity index (χ1) is 9.59. The molecule has 21 heavy (non-hydrogen) atoms. The van der Waals surface area contributed by atoms with Crippen molar-refractivity contribution in [2.45, 2.75) is 0 Å². The Kier molecular flexibility index (Phi) is 15.3. The summed E-state index contributed by atoms with van der Waals surface area (Å²) in [4.78, 5) is 0. The quantitative estimate of drug-likeness (QED) is 0.659. The fourth-order valence-electron chi connectivity index (χ4n) is 0.624. The van der Waals surface area contributed by atoms with E-state index in [9.17, 15) is 0 Å². The molecule has 0 spiro atoms. The number of hydrogen-bond donors (Lipinski definition) is 0. The van der Waals surface area contributed by atoms with Gasteiger partial charge in [0.15, 0.2) is 0 Å². The van der Waals surface area contributed by atoms with Crippen LogP contribution in [0.25, 0.3) is 0 Å². The third-order valence-electron chi connectivity index (χ3n) is 1.58. The second-order valence-electron chi connectivity index (χ2n) is 2.66. The summed E-state index contributed by atoms with van der Waals surface area (Å²) in [6.07, 6.45) is 0. The minimum atomic E-state index is -1.21. The summed E-state index contributed by atoms with van der Waals surface area (Å²) in [6, 6.07) is 11.9. The predicted octanol–water partition coefficient (Wildman–Crippen LogP) is 0.540. The van der Waals surface area contributed by atoms with Crippen molar-refractivity contribution in [2.24, 2.45) is 11.8 Å². The monoisotopic (exact) mass is 309 g/mol. The summed E-state index contributed by atoms with van der Waals surface area (Å²) in [7, 11) is 0. The summed E-state index contributed by atoms with van der Waals surface area (Å²) in [5, 5.41) is 65.2. The fraction of sp³-hybridized carbons (Fsp3) is 0.167. The predicted molar refractivity (Wildman–Crippen MR) is 58.4 cm³/mol. The standard InChI is InChI=1S/2C6HN4.V/c2*7-1-5(2-8)6(3-9)4-10;/h2*5H;/q2*-1;+2. The van der Waals surface area contributed by atoms with E-state index in [2.05, 4.69) is 0 Å². The van der Waals surface area contributed by atoms with Gasteiger partial charge in [0.25, 0.3) is 0 Å². The molecule has 0 aliphatic carbocycles. The van der Waals surface area contributed by atoms with E-state index in [1.54, 1.807) is 0 Å². The second-order valence-corrected chi connectivity index (χ2v) is 2.66. The van der Waals surface area contributed by atoms with Crippen molar-refractivity contribution < 1.29 is 18.6 Å². The van der Waals surface area contributed by atoms with Gasteiger partial charge in [0.05, 0.1) is 36.1 Å². The van der Waals surface area contributed by atoms with Crippen LogP contribution in [0, 0.1) is 114 Å². The zero-order valence-electron chi connectivity index (χ0n) is 10.2. The Balaban J connectivity index is -0.000000295. The van der Waals surface area contributed by atoms with Gasteiger partial charge in [-0.1, -0.05) is 24.3 Å². The molecule has 0 bridgehead atoms. The fourth-order valence-corrected chi connectivity index (χ4v) is 0.624. The average Bonchev–Trinajstić information content (AvgIpc) is 2.50. The maximum Gasteiger partial charge on any atom is 2.00 e. The Morgan fingerprint density at radius 1 is 0.476 bits per heavy atom. The molecule has 0 aromatic heterocycles. The maximum absolute atomic E-state index is 8.16. The molecule has 0 aromatic carbocycles. The number of rotatable bonds is 2. The summed E-state index contributed by atoms with van der Waals surface area (Å²) in [6.45, 7) is 0. The molecule has 8 nitrogen and oxygen atoms in total. The third-order valence-corrected chi connectivity index (χ3v) is 1.58. The topological polar surface area (TPSA) is 190 Å². The van der Waals surface area contributed by atoms with E-state index >= 15 is 0 Å². The van der Waals surface area contributed by atoms with E-state index in [0.717, 1.165) is 0 Å². The van der Waals surface area contributed by atoms with E-state index in [1.807, 2.05) is 0 Å². The molecule has 0 amide bonds. The number of nitriles is 8. The van der Waals surface area contributed by atoms with Crippen molar-refractivity contribution in [3.8, 4) is 48.6 Å². The van der Waals surface area contributed by atoms with Crippen LogP contribution >= 0.6 is 0 Å². The van der Waals surface area contributed by atoms with Crippen LogP contribution in [-0.2, 0) is 18.6 Å². The van der Waals surface area contributed by atoms with Gasteiger partial charge in [0, 0.05) is 0 Å². The third kappa shape index (κ3) is 8.04. The largest absolute Gasteiger partial charge is 2.00 e. The van der Waals surface area contributed by atoms with E-state index < -0.39 is 11.8 Å². The minimum Gasteiger partial charge on any atom is -0.233 e. The first-order valence-electron chi connectivity index (χ1n) is 4.52. The molecule has 0 saturated carbocycles. The normalized spacial score (nSPS) is 6.19. The van der Waals surface area contributed by atoms with Crippen LogP contribution in [0.2, 0.25) is 0 Å². The maximum atomic E-state index is 8.16. The van der Waals surface area contributed by atoms with Crippen LogP contribution in [0.1, 0.15) is 0 Å². The Bertz CT molecular complexity index is 482. The number of hydrogen-bond acceptors (Lipinski definition) is 8. The SMILES string of the molecule is N#C[C-](C#N)C(C#N)C#N.N#C[C-](C#N)C(C#N)C#N.[V+2]. The van der Waals surface area contributed by atoms with Gasteiger partial charge in [-0.25, -0.2) is 21.0 Å². The summed E-state index contributed by atoms with van der Waals surface area (Å²) in [5.74, 6) is -3.14. The Hall–Kier alpha value is -3.76. The number of nitrogens with zero attached hydrogens (tertiary/aromatic N) is 8. The molecule has 0 aliphatic heterocycles. The smallest absolute Gasteiger partial charge is 0.233 e. The van der Waals surface area contributed by atoms with Crippen LogP contribution < -0.4 is 0 Å². The molecule has 0 aliphatic rings. The van der Waals surface area contributed by atoms with Crippen molar-refractivity contribution in [1.29, 1.82) is 42.1 Å². The van der Waals surface area contributed by atoms with Crippen LogP contribution in [0.15, 0.2) is 0 Å². The molecule has 0 N–H and O–H groups in total. The van der Waals surface area contributed by atoms with Gasteiger partial charge in [0.1, 0.15) is 0 Å². The molecule has 0 unspecified atom stereocenters. The van der Waals surface area contributed by atoms with Crippen molar-refractivity contribution in [1.82, 2.24) is 0 Å². The van der Waals surface area contributed by atoms with Gasteiger partial charge < -0.3 is 0 Å². The van der Waals surface area contributed by atoms with Gasteiger partial charge >= 0.3 is 18.6 Å². The zero-order chi connectivity index (χ0) is 16.0. The van der Waals surface area contributed by atoms with Gasteiger partial charge in [-0.3, -0.25) is 0 Å². The van der Waals surface area contributed by atoms with Crippen LogP contribution in [0.3, 0.4) is 0 Å². The van der Waals surface area contributed by atoms with E-state index in [-0.39, 0.29) is 30.4 Å². The average molecular weight is 309 g/mol. The molecule has 0 heterocycles. The Morgan fingerprint density at radius 3 is 0.714 bits per heavy atom. The van der Waals surface area contributed by atoms with Crippen LogP contribution in [-0.4, -0.2) is 0 Å². The van der Waals surface area contributed by atoms with Gasteiger partial charge in [0.2, 0.25) is 0 Å². The van der Waals surface area contributed by atoms with Gasteiger partial charge in [-0.05, 0) is 0 Å². The van der Waals surface area contributed by atoms with Crippen LogP contribution in [0.5, 0.6) is 0 Å². The molecule has 0 aromatic rings. The summed E-state index contributed by atoms with van der Waals surface area (Å²) in [5.41, 5.74) is 0.